The molecule has 2 aliphatic rings. The molecule has 186 valence electrons. The van der Waals surface area contributed by atoms with Crippen LogP contribution in [0.5, 0.6) is 5.75 Å². The number of para-hydroxylation sites is 1. The Kier molecular flexibility index (Phi) is 6.92. The average Bonchev–Trinajstić information content (AvgIpc) is 2.81. The van der Waals surface area contributed by atoms with Crippen molar-refractivity contribution >= 4 is 17.6 Å². The van der Waals surface area contributed by atoms with E-state index in [0.29, 0.717) is 6.54 Å². The van der Waals surface area contributed by atoms with Gasteiger partial charge in [0.25, 0.3) is 5.91 Å². The summed E-state index contributed by atoms with van der Waals surface area (Å²) in [5.41, 5.74) is 0.529. The number of carbonyl (C=O) groups excluding carboxylic acids is 2. The van der Waals surface area contributed by atoms with Crippen LogP contribution in [0.3, 0.4) is 0 Å². The predicted octanol–water partition coefficient (Wildman–Crippen LogP) is 3.16. The van der Waals surface area contributed by atoms with Crippen LogP contribution < -0.4 is 20.3 Å². The highest BCUT2D eigenvalue weighted by Crippen LogP contribution is 2.37. The second-order valence-corrected chi connectivity index (χ2v) is 7.92. The summed E-state index contributed by atoms with van der Waals surface area (Å²) in [5.74, 6) is -5.12. The minimum atomic E-state index is -5.19. The van der Waals surface area contributed by atoms with Gasteiger partial charge in [-0.2, -0.15) is 13.2 Å². The number of amides is 1. The molecular weight excluding hydrogens is 477 g/mol. The second kappa shape index (κ2) is 9.90. The molecule has 1 amide bonds. The monoisotopic (exact) mass is 497 g/mol. The maximum Gasteiger partial charge on any atom is 0.490 e. The second-order valence-electron chi connectivity index (χ2n) is 7.92. The van der Waals surface area contributed by atoms with Crippen LogP contribution in [0.1, 0.15) is 12.0 Å². The van der Waals surface area contributed by atoms with Crippen LogP contribution in [0.4, 0.5) is 27.6 Å². The lowest BCUT2D eigenvalue weighted by atomic mass is 10.0. The summed E-state index contributed by atoms with van der Waals surface area (Å²) in [7, 11) is 0. The number of carbonyl (C=O) groups is 2. The fourth-order valence-electron chi connectivity index (χ4n) is 3.78. The zero-order chi connectivity index (χ0) is 25.2. The molecule has 0 radical (unpaired) electrons. The third-order valence-electron chi connectivity index (χ3n) is 5.50. The van der Waals surface area contributed by atoms with Crippen molar-refractivity contribution in [3.05, 3.63) is 71.6 Å². The molecular formula is C23H20F5N3O4. The molecule has 2 aromatic carbocycles. The molecule has 2 heterocycles. The summed E-state index contributed by atoms with van der Waals surface area (Å²) >= 11 is 0. The van der Waals surface area contributed by atoms with Crippen LogP contribution in [-0.4, -0.2) is 43.3 Å². The van der Waals surface area contributed by atoms with E-state index in [1.807, 2.05) is 0 Å². The lowest BCUT2D eigenvalue weighted by Gasteiger charge is -2.33. The first-order valence-corrected chi connectivity index (χ1v) is 10.6. The van der Waals surface area contributed by atoms with E-state index in [1.54, 1.807) is 6.07 Å². The largest absolute Gasteiger partial charge is 0.490 e. The van der Waals surface area contributed by atoms with Gasteiger partial charge in [-0.25, -0.2) is 13.6 Å². The van der Waals surface area contributed by atoms with Gasteiger partial charge in [-0.3, -0.25) is 4.79 Å². The molecule has 4 rings (SSSR count). The first kappa shape index (κ1) is 24.5. The molecule has 0 saturated carbocycles. The first-order chi connectivity index (χ1) is 16.6. The maximum absolute atomic E-state index is 14.5. The van der Waals surface area contributed by atoms with E-state index in [9.17, 15) is 31.5 Å². The zero-order valence-electron chi connectivity index (χ0n) is 18.1. The van der Waals surface area contributed by atoms with Crippen LogP contribution in [0.15, 0.2) is 54.4 Å². The molecule has 0 spiro atoms. The molecule has 0 aliphatic carbocycles. The highest BCUT2D eigenvalue weighted by molar-refractivity contribution is 5.93. The van der Waals surface area contributed by atoms with Crippen molar-refractivity contribution in [1.29, 1.82) is 0 Å². The van der Waals surface area contributed by atoms with E-state index < -0.39 is 41.8 Å². The van der Waals surface area contributed by atoms with Crippen molar-refractivity contribution < 1.29 is 41.0 Å². The van der Waals surface area contributed by atoms with Gasteiger partial charge < -0.3 is 25.0 Å². The van der Waals surface area contributed by atoms with Gasteiger partial charge in [-0.1, -0.05) is 24.3 Å². The topological polar surface area (TPSA) is 79.9 Å². The number of fused-ring (bicyclic) bond motifs is 1. The molecule has 1 fully saturated rings. The quantitative estimate of drug-likeness (QED) is 0.488. The number of ether oxygens (including phenoxy) is 2. The van der Waals surface area contributed by atoms with Crippen LogP contribution in [-0.2, 0) is 20.9 Å². The van der Waals surface area contributed by atoms with Gasteiger partial charge in [0.15, 0.2) is 11.6 Å². The van der Waals surface area contributed by atoms with Gasteiger partial charge in [0.1, 0.15) is 11.9 Å². The Morgan fingerprint density at radius 1 is 1.11 bits per heavy atom. The highest BCUT2D eigenvalue weighted by atomic mass is 19.4. The van der Waals surface area contributed by atoms with Gasteiger partial charge in [0.05, 0.1) is 24.5 Å². The van der Waals surface area contributed by atoms with Gasteiger partial charge >= 0.3 is 12.1 Å². The minimum Gasteiger partial charge on any atom is -0.452 e. The van der Waals surface area contributed by atoms with Crippen LogP contribution >= 0.6 is 0 Å². The molecule has 35 heavy (non-hydrogen) atoms. The number of nitrogens with one attached hydrogen (secondary N) is 2. The number of alkyl halides is 3. The Labute approximate surface area is 196 Å². The van der Waals surface area contributed by atoms with E-state index in [-0.39, 0.29) is 42.3 Å². The summed E-state index contributed by atoms with van der Waals surface area (Å²) in [6.07, 6.45) is -5.06. The van der Waals surface area contributed by atoms with Crippen LogP contribution in [0, 0.1) is 11.6 Å². The molecule has 2 N–H and O–H groups in total. The summed E-state index contributed by atoms with van der Waals surface area (Å²) < 4.78 is 76.7. The number of rotatable bonds is 5. The molecule has 7 nitrogen and oxygen atoms in total. The van der Waals surface area contributed by atoms with Gasteiger partial charge in [0.2, 0.25) is 5.76 Å². The third kappa shape index (κ3) is 5.53. The number of hydrogen-bond acceptors (Lipinski definition) is 6. The van der Waals surface area contributed by atoms with E-state index >= 15 is 0 Å². The number of nitrogens with zero attached hydrogens (tertiary/aromatic N) is 1. The minimum absolute atomic E-state index is 0.0531. The SMILES string of the molecule is O=C(NC1CCNCC1OC(=O)C(F)(F)F)C1=CN(Cc2ccccc2F)c2cccc(F)c2O1. The van der Waals surface area contributed by atoms with E-state index in [1.165, 1.54) is 41.4 Å². The Morgan fingerprint density at radius 3 is 2.60 bits per heavy atom. The van der Waals surface area contributed by atoms with Crippen molar-refractivity contribution in [2.45, 2.75) is 31.3 Å². The van der Waals surface area contributed by atoms with Crippen molar-refractivity contribution in [3.8, 4) is 5.75 Å². The van der Waals surface area contributed by atoms with Crippen molar-refractivity contribution in [2.75, 3.05) is 18.0 Å². The molecule has 2 atom stereocenters. The molecule has 0 bridgehead atoms. The standard InChI is InChI=1S/C23H20F5N3O4/c24-14-5-2-1-4-13(14)11-31-12-19(34-20-15(25)6-3-7-17(20)31)21(32)30-16-8-9-29-10-18(16)35-22(33)23(26,27)28/h1-7,12,16,18,29H,8-11H2,(H,30,32). The summed E-state index contributed by atoms with van der Waals surface area (Å²) in [6, 6.07) is 9.07. The number of halogens is 5. The fourth-order valence-corrected chi connectivity index (χ4v) is 3.78. The van der Waals surface area contributed by atoms with Crippen LogP contribution in [0.25, 0.3) is 0 Å². The van der Waals surface area contributed by atoms with Crippen LogP contribution in [0.2, 0.25) is 0 Å². The molecule has 12 heteroatoms. The van der Waals surface area contributed by atoms with E-state index in [0.717, 1.165) is 6.07 Å². The zero-order valence-corrected chi connectivity index (χ0v) is 18.1. The van der Waals surface area contributed by atoms with E-state index in [2.05, 4.69) is 15.4 Å². The van der Waals surface area contributed by atoms with Crippen molar-refractivity contribution in [3.63, 3.8) is 0 Å². The average molecular weight is 497 g/mol. The normalized spacial score (nSPS) is 19.8. The molecule has 1 saturated heterocycles. The maximum atomic E-state index is 14.5. The number of benzene rings is 2. The van der Waals surface area contributed by atoms with E-state index in [4.69, 9.17) is 4.74 Å². The first-order valence-electron chi connectivity index (χ1n) is 10.6. The molecule has 2 aliphatic heterocycles. The fraction of sp³-hybridized carbons (Fsp3) is 0.304. The number of piperidine rings is 1. The summed E-state index contributed by atoms with van der Waals surface area (Å²) in [5, 5.41) is 5.30. The number of hydrogen-bond donors (Lipinski definition) is 2. The lowest BCUT2D eigenvalue weighted by Crippen LogP contribution is -2.55. The Morgan fingerprint density at radius 2 is 1.86 bits per heavy atom. The Hall–Kier alpha value is -3.67. The molecule has 2 unspecified atom stereocenters. The summed E-state index contributed by atoms with van der Waals surface area (Å²) in [6.45, 7) is 0.188. The predicted molar refractivity (Wildman–Crippen MR) is 113 cm³/mol. The van der Waals surface area contributed by atoms with Crippen molar-refractivity contribution in [1.82, 2.24) is 10.6 Å². The summed E-state index contributed by atoms with van der Waals surface area (Å²) in [4.78, 5) is 25.7. The Balaban J connectivity index is 1.56. The van der Waals surface area contributed by atoms with Gasteiger partial charge in [0, 0.05) is 12.1 Å². The van der Waals surface area contributed by atoms with Crippen molar-refractivity contribution in [2.24, 2.45) is 0 Å². The van der Waals surface area contributed by atoms with Gasteiger partial charge in [-0.15, -0.1) is 0 Å². The number of anilines is 1. The molecule has 0 aromatic heterocycles. The smallest absolute Gasteiger partial charge is 0.452 e. The Bertz CT molecular complexity index is 1150. The highest BCUT2D eigenvalue weighted by Gasteiger charge is 2.44. The van der Waals surface area contributed by atoms with Gasteiger partial charge in [-0.05, 0) is 31.2 Å². The molecule has 2 aromatic rings. The third-order valence-corrected chi connectivity index (χ3v) is 5.50. The number of esters is 1. The lowest BCUT2D eigenvalue weighted by molar-refractivity contribution is -0.206.